The van der Waals surface area contributed by atoms with Gasteiger partial charge in [0.15, 0.2) is 0 Å². The normalized spacial score (nSPS) is 11.5. The average Bonchev–Trinajstić information content (AvgIpc) is 2.37. The Hall–Kier alpha value is -1.99. The Morgan fingerprint density at radius 2 is 1.95 bits per heavy atom. The lowest BCUT2D eigenvalue weighted by Crippen LogP contribution is -2.43. The van der Waals surface area contributed by atoms with Crippen LogP contribution < -0.4 is 16.4 Å². The molecule has 1 atom stereocenters. The van der Waals surface area contributed by atoms with Gasteiger partial charge in [-0.1, -0.05) is 23.2 Å². The number of carboxylic acids is 1. The van der Waals surface area contributed by atoms with Crippen LogP contribution >= 0.6 is 23.2 Å². The van der Waals surface area contributed by atoms with Gasteiger partial charge >= 0.3 is 12.0 Å². The summed E-state index contributed by atoms with van der Waals surface area (Å²) < 4.78 is 0. The van der Waals surface area contributed by atoms with E-state index >= 15 is 0 Å². The predicted molar refractivity (Wildman–Crippen MR) is 78.5 cm³/mol. The second-order valence-electron chi connectivity index (χ2n) is 4.12. The van der Waals surface area contributed by atoms with Crippen LogP contribution in [0.3, 0.4) is 0 Å². The summed E-state index contributed by atoms with van der Waals surface area (Å²) in [6, 6.07) is 2.43. The summed E-state index contributed by atoms with van der Waals surface area (Å²) in [6.45, 7) is 0. The molecule has 0 bridgehead atoms. The van der Waals surface area contributed by atoms with Crippen LogP contribution in [0, 0.1) is 0 Å². The number of hydrogen-bond acceptors (Lipinski definition) is 3. The Morgan fingerprint density at radius 3 is 2.48 bits per heavy atom. The molecule has 7 nitrogen and oxygen atoms in total. The predicted octanol–water partition coefficient (Wildman–Crippen LogP) is 1.83. The van der Waals surface area contributed by atoms with E-state index in [9.17, 15) is 14.4 Å². The van der Waals surface area contributed by atoms with E-state index in [1.165, 1.54) is 18.2 Å². The van der Waals surface area contributed by atoms with Crippen molar-refractivity contribution >= 4 is 46.8 Å². The Balaban J connectivity index is 2.65. The molecule has 0 fully saturated rings. The average molecular weight is 334 g/mol. The van der Waals surface area contributed by atoms with E-state index in [0.717, 1.165) is 0 Å². The van der Waals surface area contributed by atoms with Crippen LogP contribution in [0.5, 0.6) is 0 Å². The summed E-state index contributed by atoms with van der Waals surface area (Å²) in [5.74, 6) is -1.92. The summed E-state index contributed by atoms with van der Waals surface area (Å²) in [5, 5.41) is 14.2. The number of hydrogen-bond donors (Lipinski definition) is 4. The molecule has 9 heteroatoms. The Labute approximate surface area is 130 Å². The summed E-state index contributed by atoms with van der Waals surface area (Å²) in [4.78, 5) is 33.3. The van der Waals surface area contributed by atoms with Crippen molar-refractivity contribution in [3.63, 3.8) is 0 Å². The quantitative estimate of drug-likeness (QED) is 0.634. The van der Waals surface area contributed by atoms with Crippen molar-refractivity contribution in [2.45, 2.75) is 18.9 Å². The molecule has 0 radical (unpaired) electrons. The molecule has 114 valence electrons. The molecule has 0 heterocycles. The lowest BCUT2D eigenvalue weighted by molar-refractivity contribution is -0.139. The lowest BCUT2D eigenvalue weighted by atomic mass is 10.1. The number of primary amides is 1. The van der Waals surface area contributed by atoms with Crippen LogP contribution in [-0.2, 0) is 9.59 Å². The fourth-order valence-electron chi connectivity index (χ4n) is 1.45. The van der Waals surface area contributed by atoms with Crippen molar-refractivity contribution < 1.29 is 19.5 Å². The van der Waals surface area contributed by atoms with Crippen molar-refractivity contribution in [3.05, 3.63) is 28.2 Å². The number of amides is 3. The van der Waals surface area contributed by atoms with Crippen LogP contribution in [0.4, 0.5) is 10.5 Å². The molecule has 0 spiro atoms. The first kappa shape index (κ1) is 17.1. The number of aliphatic carboxylic acids is 1. The third-order valence-electron chi connectivity index (χ3n) is 2.46. The monoisotopic (exact) mass is 333 g/mol. The minimum atomic E-state index is -1.27. The van der Waals surface area contributed by atoms with E-state index in [1.54, 1.807) is 0 Å². The fraction of sp³-hybridized carbons (Fsp3) is 0.250. The van der Waals surface area contributed by atoms with E-state index in [4.69, 9.17) is 34.0 Å². The molecule has 1 aromatic carbocycles. The van der Waals surface area contributed by atoms with Gasteiger partial charge in [0.2, 0.25) is 5.91 Å². The number of halogens is 2. The van der Waals surface area contributed by atoms with Crippen LogP contribution in [-0.4, -0.2) is 29.1 Å². The third kappa shape index (κ3) is 5.88. The Morgan fingerprint density at radius 1 is 1.29 bits per heavy atom. The van der Waals surface area contributed by atoms with Gasteiger partial charge in [0.05, 0.1) is 10.7 Å². The summed E-state index contributed by atoms with van der Waals surface area (Å²) in [7, 11) is 0. The largest absolute Gasteiger partial charge is 0.480 e. The highest BCUT2D eigenvalue weighted by molar-refractivity contribution is 6.36. The number of carboxylic acid groups (broad SMARTS) is 1. The number of nitrogens with one attached hydrogen (secondary N) is 2. The van der Waals surface area contributed by atoms with Crippen molar-refractivity contribution in [3.8, 4) is 0 Å². The van der Waals surface area contributed by atoms with Gasteiger partial charge in [-0.2, -0.15) is 0 Å². The smallest absolute Gasteiger partial charge is 0.326 e. The molecular formula is C12H13Cl2N3O4. The maximum absolute atomic E-state index is 11.7. The van der Waals surface area contributed by atoms with Crippen LogP contribution in [0.15, 0.2) is 18.2 Å². The molecule has 0 aliphatic heterocycles. The fourth-order valence-corrected chi connectivity index (χ4v) is 1.91. The summed E-state index contributed by atoms with van der Waals surface area (Å²) in [5.41, 5.74) is 5.21. The molecule has 1 unspecified atom stereocenters. The van der Waals surface area contributed by atoms with Gasteiger partial charge in [-0.25, -0.2) is 9.59 Å². The van der Waals surface area contributed by atoms with E-state index < -0.39 is 23.9 Å². The first-order chi connectivity index (χ1) is 9.79. The number of benzene rings is 1. The molecule has 0 aliphatic rings. The Kier molecular flexibility index (Phi) is 6.26. The zero-order valence-corrected chi connectivity index (χ0v) is 12.2. The standard InChI is InChI=1S/C12H13Cl2N3O4/c13-6-1-2-8(7(14)5-6)16-12(21)17-9(11(19)20)3-4-10(15)18/h1-2,5,9H,3-4H2,(H2,15,18)(H,19,20)(H2,16,17,21). The second-order valence-corrected chi connectivity index (χ2v) is 4.96. The number of urea groups is 1. The van der Waals surface area contributed by atoms with Gasteiger partial charge in [0.25, 0.3) is 0 Å². The van der Waals surface area contributed by atoms with Gasteiger partial charge in [-0.05, 0) is 24.6 Å². The Bertz CT molecular complexity index is 565. The summed E-state index contributed by atoms with van der Waals surface area (Å²) >= 11 is 11.6. The van der Waals surface area contributed by atoms with Crippen molar-refractivity contribution in [2.75, 3.05) is 5.32 Å². The number of rotatable bonds is 6. The van der Waals surface area contributed by atoms with Crippen molar-refractivity contribution in [1.82, 2.24) is 5.32 Å². The molecule has 1 aromatic rings. The first-order valence-corrected chi connectivity index (χ1v) is 6.59. The highest BCUT2D eigenvalue weighted by atomic mass is 35.5. The number of carbonyl (C=O) groups excluding carboxylic acids is 2. The minimum absolute atomic E-state index is 0.105. The highest BCUT2D eigenvalue weighted by Gasteiger charge is 2.20. The van der Waals surface area contributed by atoms with E-state index in [0.29, 0.717) is 5.02 Å². The molecule has 0 saturated heterocycles. The van der Waals surface area contributed by atoms with Gasteiger partial charge in [0.1, 0.15) is 6.04 Å². The number of nitrogens with two attached hydrogens (primary N) is 1. The maximum Gasteiger partial charge on any atom is 0.326 e. The maximum atomic E-state index is 11.7. The molecular weight excluding hydrogens is 321 g/mol. The molecule has 0 aromatic heterocycles. The topological polar surface area (TPSA) is 122 Å². The van der Waals surface area contributed by atoms with E-state index in [-0.39, 0.29) is 23.6 Å². The summed E-state index contributed by atoms with van der Waals surface area (Å²) in [6.07, 6.45) is -0.259. The zero-order chi connectivity index (χ0) is 16.0. The second kappa shape index (κ2) is 7.70. The van der Waals surface area contributed by atoms with E-state index in [1.807, 2.05) is 0 Å². The molecule has 0 saturated carbocycles. The third-order valence-corrected chi connectivity index (χ3v) is 3.01. The van der Waals surface area contributed by atoms with Crippen molar-refractivity contribution in [2.24, 2.45) is 5.73 Å². The first-order valence-electron chi connectivity index (χ1n) is 5.83. The van der Waals surface area contributed by atoms with Gasteiger partial charge < -0.3 is 21.5 Å². The lowest BCUT2D eigenvalue weighted by Gasteiger charge is -2.15. The molecule has 1 rings (SSSR count). The minimum Gasteiger partial charge on any atom is -0.480 e. The molecule has 0 aliphatic carbocycles. The van der Waals surface area contributed by atoms with Crippen molar-refractivity contribution in [1.29, 1.82) is 0 Å². The zero-order valence-electron chi connectivity index (χ0n) is 10.7. The number of carbonyl (C=O) groups is 3. The highest BCUT2D eigenvalue weighted by Crippen LogP contribution is 2.25. The molecule has 21 heavy (non-hydrogen) atoms. The van der Waals surface area contributed by atoms with E-state index in [2.05, 4.69) is 10.6 Å². The van der Waals surface area contributed by atoms with Gasteiger partial charge in [0, 0.05) is 11.4 Å². The van der Waals surface area contributed by atoms with Gasteiger partial charge in [-0.15, -0.1) is 0 Å². The molecule has 5 N–H and O–H groups in total. The SMILES string of the molecule is NC(=O)CCC(NC(=O)Nc1ccc(Cl)cc1Cl)C(=O)O. The van der Waals surface area contributed by atoms with Crippen LogP contribution in [0.25, 0.3) is 0 Å². The van der Waals surface area contributed by atoms with Crippen LogP contribution in [0.1, 0.15) is 12.8 Å². The van der Waals surface area contributed by atoms with Gasteiger partial charge in [-0.3, -0.25) is 4.79 Å². The number of anilines is 1. The van der Waals surface area contributed by atoms with Crippen LogP contribution in [0.2, 0.25) is 10.0 Å². The molecule has 3 amide bonds.